The summed E-state index contributed by atoms with van der Waals surface area (Å²) in [6, 6.07) is 8.14. The van der Waals surface area contributed by atoms with Gasteiger partial charge in [0.15, 0.2) is 6.61 Å². The van der Waals surface area contributed by atoms with Crippen molar-refractivity contribution in [2.45, 2.75) is 26.7 Å². The van der Waals surface area contributed by atoms with Crippen molar-refractivity contribution >= 4 is 23.5 Å². The average molecular weight is 404 g/mol. The average Bonchev–Trinajstić information content (AvgIpc) is 2.67. The third kappa shape index (κ3) is 4.59. The van der Waals surface area contributed by atoms with Crippen molar-refractivity contribution in [1.29, 1.82) is 0 Å². The molecule has 2 aromatic rings. The van der Waals surface area contributed by atoms with Crippen LogP contribution in [-0.4, -0.2) is 46.3 Å². The Bertz CT molecular complexity index is 931. The smallest absolute Gasteiger partial charge is 0.363 e. The minimum absolute atomic E-state index is 0.259. The van der Waals surface area contributed by atoms with Gasteiger partial charge in [-0.2, -0.15) is 5.10 Å². The van der Waals surface area contributed by atoms with Crippen molar-refractivity contribution in [3.63, 3.8) is 0 Å². The van der Waals surface area contributed by atoms with E-state index in [4.69, 9.17) is 16.3 Å². The molecule has 3 rings (SSSR count). The number of nitrogens with zero attached hydrogens (tertiary/aromatic N) is 3. The van der Waals surface area contributed by atoms with E-state index in [1.54, 1.807) is 36.1 Å². The van der Waals surface area contributed by atoms with Crippen molar-refractivity contribution in [2.75, 3.05) is 19.7 Å². The van der Waals surface area contributed by atoms with Crippen molar-refractivity contribution in [2.24, 2.45) is 5.92 Å². The molecule has 28 heavy (non-hydrogen) atoms. The summed E-state index contributed by atoms with van der Waals surface area (Å²) < 4.78 is 6.53. The van der Waals surface area contributed by atoms with Crippen molar-refractivity contribution < 1.29 is 14.3 Å². The lowest BCUT2D eigenvalue weighted by Gasteiger charge is -2.30. The van der Waals surface area contributed by atoms with Crippen LogP contribution in [0, 0.1) is 12.8 Å². The molecule has 2 heterocycles. The van der Waals surface area contributed by atoms with Crippen molar-refractivity contribution in [3.8, 4) is 5.69 Å². The summed E-state index contributed by atoms with van der Waals surface area (Å²) in [6.45, 7) is 4.77. The molecule has 1 aromatic carbocycles. The van der Waals surface area contributed by atoms with E-state index in [0.29, 0.717) is 35.4 Å². The number of rotatable bonds is 4. The van der Waals surface area contributed by atoms with Crippen LogP contribution in [0.5, 0.6) is 0 Å². The van der Waals surface area contributed by atoms with Gasteiger partial charge in [-0.3, -0.25) is 9.59 Å². The van der Waals surface area contributed by atoms with Crippen LogP contribution in [0.3, 0.4) is 0 Å². The standard InChI is InChI=1S/C20H22ClN3O4/c1-13-7-9-23(10-8-13)18(26)12-28-20(27)19-17(25)11-14(2)24(22-19)16-5-3-15(21)4-6-16/h3-6,11,13H,7-10,12H2,1-2H3. The molecule has 1 aliphatic heterocycles. The number of carbonyl (C=O) groups excluding carboxylic acids is 2. The van der Waals surface area contributed by atoms with Gasteiger partial charge in [-0.1, -0.05) is 18.5 Å². The van der Waals surface area contributed by atoms with E-state index in [0.717, 1.165) is 12.8 Å². The Balaban J connectivity index is 1.72. The molecule has 0 radical (unpaired) electrons. The number of benzene rings is 1. The van der Waals surface area contributed by atoms with Gasteiger partial charge >= 0.3 is 5.97 Å². The van der Waals surface area contributed by atoms with E-state index in [2.05, 4.69) is 12.0 Å². The predicted molar refractivity (Wildman–Crippen MR) is 105 cm³/mol. The number of hydrogen-bond acceptors (Lipinski definition) is 5. The second-order valence-electron chi connectivity index (χ2n) is 7.03. The summed E-state index contributed by atoms with van der Waals surface area (Å²) in [7, 11) is 0. The fraction of sp³-hybridized carbons (Fsp3) is 0.400. The molecule has 8 heteroatoms. The number of esters is 1. The molecule has 148 valence electrons. The second-order valence-corrected chi connectivity index (χ2v) is 7.46. The van der Waals surface area contributed by atoms with Gasteiger partial charge in [0.25, 0.3) is 5.91 Å². The van der Waals surface area contributed by atoms with Crippen molar-refractivity contribution in [3.05, 3.63) is 57.0 Å². The Morgan fingerprint density at radius 1 is 1.21 bits per heavy atom. The van der Waals surface area contributed by atoms with Crippen LogP contribution in [0.1, 0.15) is 35.9 Å². The first-order valence-electron chi connectivity index (χ1n) is 9.17. The molecule has 7 nitrogen and oxygen atoms in total. The number of hydrogen-bond donors (Lipinski definition) is 0. The number of carbonyl (C=O) groups is 2. The number of aryl methyl sites for hydroxylation is 1. The molecule has 0 unspecified atom stereocenters. The van der Waals surface area contributed by atoms with Gasteiger partial charge in [0.1, 0.15) is 0 Å². The first-order valence-corrected chi connectivity index (χ1v) is 9.55. The van der Waals surface area contributed by atoms with E-state index in [-0.39, 0.29) is 11.6 Å². The minimum atomic E-state index is -0.911. The maximum atomic E-state index is 12.4. The zero-order chi connectivity index (χ0) is 20.3. The SMILES string of the molecule is Cc1cc(=O)c(C(=O)OCC(=O)N2CCC(C)CC2)nn1-c1ccc(Cl)cc1. The van der Waals surface area contributed by atoms with Gasteiger partial charge < -0.3 is 9.64 Å². The summed E-state index contributed by atoms with van der Waals surface area (Å²) in [5.41, 5.74) is 0.296. The molecule has 0 atom stereocenters. The Morgan fingerprint density at radius 2 is 1.86 bits per heavy atom. The number of aromatic nitrogens is 2. The molecule has 0 aliphatic carbocycles. The minimum Gasteiger partial charge on any atom is -0.451 e. The second kappa shape index (κ2) is 8.56. The number of halogens is 1. The zero-order valence-corrected chi connectivity index (χ0v) is 16.6. The molecule has 1 amide bonds. The molecule has 0 saturated carbocycles. The Hall–Kier alpha value is -2.67. The highest BCUT2D eigenvalue weighted by atomic mass is 35.5. The van der Waals surface area contributed by atoms with Gasteiger partial charge in [0, 0.05) is 29.9 Å². The summed E-state index contributed by atoms with van der Waals surface area (Å²) in [5.74, 6) is -0.577. The third-order valence-electron chi connectivity index (χ3n) is 4.84. The van der Waals surface area contributed by atoms with Crippen LogP contribution in [0.25, 0.3) is 5.69 Å². The summed E-state index contributed by atoms with van der Waals surface area (Å²) >= 11 is 5.90. The molecular weight excluding hydrogens is 382 g/mol. The summed E-state index contributed by atoms with van der Waals surface area (Å²) in [5, 5.41) is 4.70. The highest BCUT2D eigenvalue weighted by Gasteiger charge is 2.23. The number of likely N-dealkylation sites (tertiary alicyclic amines) is 1. The maximum absolute atomic E-state index is 12.4. The Kier molecular flexibility index (Phi) is 6.14. The molecular formula is C20H22ClN3O4. The van der Waals surface area contributed by atoms with Gasteiger partial charge in [-0.15, -0.1) is 0 Å². The Labute approximate surface area is 167 Å². The third-order valence-corrected chi connectivity index (χ3v) is 5.09. The van der Waals surface area contributed by atoms with E-state index in [1.807, 2.05) is 0 Å². The molecule has 0 N–H and O–H groups in total. The fourth-order valence-corrected chi connectivity index (χ4v) is 3.20. The molecule has 1 aliphatic rings. The lowest BCUT2D eigenvalue weighted by molar-refractivity contribution is -0.135. The predicted octanol–water partition coefficient (Wildman–Crippen LogP) is 2.61. The Morgan fingerprint density at radius 3 is 2.50 bits per heavy atom. The first kappa shape index (κ1) is 20.1. The normalized spacial score (nSPS) is 14.8. The van der Waals surface area contributed by atoms with Gasteiger partial charge in [0.05, 0.1) is 5.69 Å². The number of piperidine rings is 1. The lowest BCUT2D eigenvalue weighted by Crippen LogP contribution is -2.40. The first-order chi connectivity index (χ1) is 13.3. The topological polar surface area (TPSA) is 81.5 Å². The van der Waals surface area contributed by atoms with Gasteiger partial charge in [-0.25, -0.2) is 9.48 Å². The highest BCUT2D eigenvalue weighted by molar-refractivity contribution is 6.30. The quantitative estimate of drug-likeness (QED) is 0.733. The van der Waals surface area contributed by atoms with Gasteiger partial charge in [-0.05, 0) is 49.9 Å². The monoisotopic (exact) mass is 403 g/mol. The van der Waals surface area contributed by atoms with Gasteiger partial charge in [0.2, 0.25) is 11.1 Å². The highest BCUT2D eigenvalue weighted by Crippen LogP contribution is 2.16. The molecule has 1 saturated heterocycles. The molecule has 1 fully saturated rings. The van der Waals surface area contributed by atoms with Crippen LogP contribution >= 0.6 is 11.6 Å². The lowest BCUT2D eigenvalue weighted by atomic mass is 9.99. The maximum Gasteiger partial charge on any atom is 0.363 e. The molecule has 1 aromatic heterocycles. The van der Waals surface area contributed by atoms with Crippen LogP contribution in [0.2, 0.25) is 5.02 Å². The van der Waals surface area contributed by atoms with Crippen LogP contribution in [0.4, 0.5) is 0 Å². The van der Waals surface area contributed by atoms with E-state index >= 15 is 0 Å². The summed E-state index contributed by atoms with van der Waals surface area (Å²) in [6.07, 6.45) is 1.87. The van der Waals surface area contributed by atoms with E-state index < -0.39 is 18.0 Å². The number of ether oxygens (including phenoxy) is 1. The molecule has 0 bridgehead atoms. The number of amides is 1. The fourth-order valence-electron chi connectivity index (χ4n) is 3.08. The van der Waals surface area contributed by atoms with Crippen LogP contribution < -0.4 is 5.43 Å². The van der Waals surface area contributed by atoms with E-state index in [9.17, 15) is 14.4 Å². The van der Waals surface area contributed by atoms with Crippen molar-refractivity contribution in [1.82, 2.24) is 14.7 Å². The zero-order valence-electron chi connectivity index (χ0n) is 15.9. The largest absolute Gasteiger partial charge is 0.451 e. The van der Waals surface area contributed by atoms with Crippen LogP contribution in [-0.2, 0) is 9.53 Å². The van der Waals surface area contributed by atoms with Crippen LogP contribution in [0.15, 0.2) is 35.1 Å². The molecule has 0 spiro atoms. The van der Waals surface area contributed by atoms with E-state index in [1.165, 1.54) is 10.7 Å². The summed E-state index contributed by atoms with van der Waals surface area (Å²) in [4.78, 5) is 38.5.